The van der Waals surface area contributed by atoms with Crippen LogP contribution in [0.25, 0.3) is 34.1 Å². The van der Waals surface area contributed by atoms with Crippen molar-refractivity contribution in [1.82, 2.24) is 19.9 Å². The van der Waals surface area contributed by atoms with Crippen LogP contribution >= 0.6 is 0 Å². The Hall–Kier alpha value is -3.35. The van der Waals surface area contributed by atoms with Gasteiger partial charge in [0.05, 0.1) is 29.1 Å². The standard InChI is InChI=1S/C24H22F2N4O/c1-15-7-5-6-10-21(15)30-22(16-8-3-2-4-9-16)19(14-27-30)24-28-23(29-31-24)18-13-17(25)11-12-20(18)26/h2-4,8-9,11-15,21H,5-7,10H2,1H3/t15-,21+/m1/s1. The summed E-state index contributed by atoms with van der Waals surface area (Å²) in [5.41, 5.74) is 2.53. The van der Waals surface area contributed by atoms with Gasteiger partial charge in [-0.05, 0) is 37.0 Å². The minimum atomic E-state index is -0.608. The Morgan fingerprint density at radius 1 is 1.00 bits per heavy atom. The van der Waals surface area contributed by atoms with E-state index in [9.17, 15) is 8.78 Å². The van der Waals surface area contributed by atoms with Crippen molar-refractivity contribution in [3.8, 4) is 34.1 Å². The Labute approximate surface area is 178 Å². The maximum atomic E-state index is 14.2. The van der Waals surface area contributed by atoms with E-state index in [2.05, 4.69) is 21.7 Å². The minimum absolute atomic E-state index is 0.00444. The second-order valence-electron chi connectivity index (χ2n) is 8.09. The molecule has 2 aromatic carbocycles. The van der Waals surface area contributed by atoms with Gasteiger partial charge >= 0.3 is 0 Å². The van der Waals surface area contributed by atoms with Gasteiger partial charge in [-0.1, -0.05) is 55.3 Å². The number of hydrogen-bond acceptors (Lipinski definition) is 4. The zero-order chi connectivity index (χ0) is 21.4. The molecule has 0 bridgehead atoms. The highest BCUT2D eigenvalue weighted by Crippen LogP contribution is 2.40. The first-order valence-electron chi connectivity index (χ1n) is 10.5. The van der Waals surface area contributed by atoms with Gasteiger partial charge in [0.25, 0.3) is 5.89 Å². The van der Waals surface area contributed by atoms with Crippen LogP contribution in [0.4, 0.5) is 8.78 Å². The number of rotatable bonds is 4. The van der Waals surface area contributed by atoms with Gasteiger partial charge < -0.3 is 4.52 Å². The Balaban J connectivity index is 1.62. The third-order valence-corrected chi connectivity index (χ3v) is 6.05. The first-order chi connectivity index (χ1) is 15.1. The van der Waals surface area contributed by atoms with Gasteiger partial charge in [-0.25, -0.2) is 8.78 Å². The van der Waals surface area contributed by atoms with Crippen molar-refractivity contribution in [3.05, 3.63) is 66.4 Å². The lowest BCUT2D eigenvalue weighted by molar-refractivity contribution is 0.242. The van der Waals surface area contributed by atoms with E-state index in [1.807, 2.05) is 30.3 Å². The van der Waals surface area contributed by atoms with E-state index in [1.165, 1.54) is 12.8 Å². The molecule has 2 aromatic heterocycles. The molecular formula is C24H22F2N4O. The lowest BCUT2D eigenvalue weighted by atomic mass is 9.85. The molecule has 5 rings (SSSR count). The third kappa shape index (κ3) is 3.65. The monoisotopic (exact) mass is 420 g/mol. The van der Waals surface area contributed by atoms with Crippen LogP contribution in [0.15, 0.2) is 59.3 Å². The van der Waals surface area contributed by atoms with Crippen LogP contribution in [0.2, 0.25) is 0 Å². The summed E-state index contributed by atoms with van der Waals surface area (Å²) in [6, 6.07) is 13.4. The van der Waals surface area contributed by atoms with Gasteiger partial charge in [-0.15, -0.1) is 0 Å². The largest absolute Gasteiger partial charge is 0.333 e. The molecule has 1 aliphatic rings. The Kier molecular flexibility index (Phi) is 5.10. The summed E-state index contributed by atoms with van der Waals surface area (Å²) < 4.78 is 35.4. The smallest absolute Gasteiger partial charge is 0.262 e. The summed E-state index contributed by atoms with van der Waals surface area (Å²) in [6.45, 7) is 2.26. The molecule has 1 aliphatic carbocycles. The van der Waals surface area contributed by atoms with Crippen LogP contribution in [0.1, 0.15) is 38.6 Å². The van der Waals surface area contributed by atoms with Crippen molar-refractivity contribution in [2.24, 2.45) is 5.92 Å². The molecule has 158 valence electrons. The molecule has 31 heavy (non-hydrogen) atoms. The molecule has 1 fully saturated rings. The second kappa shape index (κ2) is 8.06. The molecular weight excluding hydrogens is 398 g/mol. The summed E-state index contributed by atoms with van der Waals surface area (Å²) in [7, 11) is 0. The first kappa shape index (κ1) is 19.6. The van der Waals surface area contributed by atoms with Crippen LogP contribution in [0, 0.1) is 17.6 Å². The molecule has 0 amide bonds. The highest BCUT2D eigenvalue weighted by Gasteiger charge is 2.29. The Morgan fingerprint density at radius 3 is 2.61 bits per heavy atom. The maximum Gasteiger partial charge on any atom is 0.262 e. The van der Waals surface area contributed by atoms with Gasteiger partial charge in [0.1, 0.15) is 11.6 Å². The van der Waals surface area contributed by atoms with E-state index in [4.69, 9.17) is 9.62 Å². The quantitative estimate of drug-likeness (QED) is 0.389. The predicted octanol–water partition coefficient (Wildman–Crippen LogP) is 6.30. The molecule has 2 heterocycles. The van der Waals surface area contributed by atoms with E-state index in [-0.39, 0.29) is 23.3 Å². The number of hydrogen-bond donors (Lipinski definition) is 0. The van der Waals surface area contributed by atoms with Crippen molar-refractivity contribution < 1.29 is 13.3 Å². The average molecular weight is 420 g/mol. The van der Waals surface area contributed by atoms with Gasteiger partial charge in [0.15, 0.2) is 0 Å². The van der Waals surface area contributed by atoms with Crippen molar-refractivity contribution in [2.45, 2.75) is 38.6 Å². The van der Waals surface area contributed by atoms with Crippen molar-refractivity contribution >= 4 is 0 Å². The molecule has 0 unspecified atom stereocenters. The molecule has 4 aromatic rings. The van der Waals surface area contributed by atoms with Gasteiger partial charge in [0.2, 0.25) is 5.82 Å². The fourth-order valence-electron chi connectivity index (χ4n) is 4.43. The fraction of sp³-hybridized carbons (Fsp3) is 0.292. The number of nitrogens with zero attached hydrogens (tertiary/aromatic N) is 4. The van der Waals surface area contributed by atoms with E-state index in [0.717, 1.165) is 42.3 Å². The van der Waals surface area contributed by atoms with Crippen LogP contribution < -0.4 is 0 Å². The summed E-state index contributed by atoms with van der Waals surface area (Å²) >= 11 is 0. The summed E-state index contributed by atoms with van der Waals surface area (Å²) in [5.74, 6) is -0.434. The molecule has 1 saturated carbocycles. The van der Waals surface area contributed by atoms with Crippen molar-refractivity contribution in [2.75, 3.05) is 0 Å². The van der Waals surface area contributed by atoms with Crippen molar-refractivity contribution in [1.29, 1.82) is 0 Å². The topological polar surface area (TPSA) is 56.7 Å². The second-order valence-corrected chi connectivity index (χ2v) is 8.09. The van der Waals surface area contributed by atoms with Crippen molar-refractivity contribution in [3.63, 3.8) is 0 Å². The lowest BCUT2D eigenvalue weighted by Crippen LogP contribution is -2.22. The van der Waals surface area contributed by atoms with Crippen LogP contribution in [-0.4, -0.2) is 19.9 Å². The summed E-state index contributed by atoms with van der Waals surface area (Å²) in [6.07, 6.45) is 6.35. The SMILES string of the molecule is C[C@@H]1CCCC[C@@H]1n1ncc(-c2nc(-c3cc(F)ccc3F)no2)c1-c1ccccc1. The average Bonchev–Trinajstić information content (AvgIpc) is 3.44. The summed E-state index contributed by atoms with van der Waals surface area (Å²) in [5, 5.41) is 8.62. The lowest BCUT2D eigenvalue weighted by Gasteiger charge is -2.30. The van der Waals surface area contributed by atoms with Crippen LogP contribution in [0.3, 0.4) is 0 Å². The first-order valence-corrected chi connectivity index (χ1v) is 10.5. The van der Waals surface area contributed by atoms with E-state index >= 15 is 0 Å². The van der Waals surface area contributed by atoms with E-state index < -0.39 is 11.6 Å². The zero-order valence-electron chi connectivity index (χ0n) is 17.1. The number of aromatic nitrogens is 4. The molecule has 0 saturated heterocycles. The number of halogens is 2. The normalized spacial score (nSPS) is 18.9. The highest BCUT2D eigenvalue weighted by atomic mass is 19.1. The summed E-state index contributed by atoms with van der Waals surface area (Å²) in [4.78, 5) is 4.38. The molecule has 7 heteroatoms. The molecule has 5 nitrogen and oxygen atoms in total. The van der Waals surface area contributed by atoms with Crippen LogP contribution in [0.5, 0.6) is 0 Å². The molecule has 2 atom stereocenters. The van der Waals surface area contributed by atoms with Crippen LogP contribution in [-0.2, 0) is 0 Å². The van der Waals surface area contributed by atoms with Gasteiger partial charge in [-0.3, -0.25) is 4.68 Å². The maximum absolute atomic E-state index is 14.2. The molecule has 0 spiro atoms. The van der Waals surface area contributed by atoms with E-state index in [0.29, 0.717) is 11.5 Å². The highest BCUT2D eigenvalue weighted by molar-refractivity contribution is 5.77. The van der Waals surface area contributed by atoms with Gasteiger partial charge in [-0.2, -0.15) is 10.1 Å². The van der Waals surface area contributed by atoms with Gasteiger partial charge in [0, 0.05) is 5.56 Å². The Bertz CT molecular complexity index is 1200. The Morgan fingerprint density at radius 2 is 1.81 bits per heavy atom. The fourth-order valence-corrected chi connectivity index (χ4v) is 4.43. The zero-order valence-corrected chi connectivity index (χ0v) is 17.1. The predicted molar refractivity (Wildman–Crippen MR) is 113 cm³/mol. The molecule has 0 aliphatic heterocycles. The molecule has 0 N–H and O–H groups in total. The number of benzene rings is 2. The van der Waals surface area contributed by atoms with E-state index in [1.54, 1.807) is 6.20 Å². The third-order valence-electron chi connectivity index (χ3n) is 6.05. The minimum Gasteiger partial charge on any atom is -0.333 e. The molecule has 0 radical (unpaired) electrons.